The van der Waals surface area contributed by atoms with Gasteiger partial charge in [0.25, 0.3) is 0 Å². The number of nitrogens with one attached hydrogen (secondary N) is 2. The molecule has 27 heavy (non-hydrogen) atoms. The summed E-state index contributed by atoms with van der Waals surface area (Å²) < 4.78 is 5.27. The lowest BCUT2D eigenvalue weighted by atomic mass is 10.1. The van der Waals surface area contributed by atoms with Crippen LogP contribution >= 0.6 is 0 Å². The third-order valence-corrected chi connectivity index (χ3v) is 4.64. The van der Waals surface area contributed by atoms with Gasteiger partial charge in [0.1, 0.15) is 17.5 Å². The first-order chi connectivity index (χ1) is 13.1. The molecule has 1 amide bonds. The molecule has 1 aromatic heterocycles. The monoisotopic (exact) mass is 369 g/mol. The number of nitrogens with zero attached hydrogens (tertiary/aromatic N) is 3. The predicted octanol–water partition coefficient (Wildman–Crippen LogP) is 3.35. The first-order valence-corrected chi connectivity index (χ1v) is 9.45. The summed E-state index contributed by atoms with van der Waals surface area (Å²) in [5, 5.41) is 6.26. The molecule has 0 spiro atoms. The number of hydrogen-bond acceptors (Lipinski definition) is 6. The van der Waals surface area contributed by atoms with Gasteiger partial charge in [-0.3, -0.25) is 4.79 Å². The van der Waals surface area contributed by atoms with Crippen LogP contribution in [0.1, 0.15) is 26.1 Å². The van der Waals surface area contributed by atoms with E-state index in [1.54, 1.807) is 0 Å². The van der Waals surface area contributed by atoms with E-state index in [9.17, 15) is 4.79 Å². The van der Waals surface area contributed by atoms with Gasteiger partial charge in [-0.1, -0.05) is 0 Å². The molecule has 2 heterocycles. The SMILES string of the molecule is CCN(CC)c1cc(Nc2ccc(NC(=O)C3CCOC3)cc2)nc(C)n1. The van der Waals surface area contributed by atoms with Crippen molar-refractivity contribution in [2.24, 2.45) is 5.92 Å². The van der Waals surface area contributed by atoms with Crippen LogP contribution in [-0.4, -0.2) is 42.2 Å². The molecule has 2 N–H and O–H groups in total. The molecule has 0 radical (unpaired) electrons. The summed E-state index contributed by atoms with van der Waals surface area (Å²) in [4.78, 5) is 23.3. The van der Waals surface area contributed by atoms with Gasteiger partial charge in [0.2, 0.25) is 5.91 Å². The number of ether oxygens (including phenoxy) is 1. The standard InChI is InChI=1S/C20H27N5O2/c1-4-25(5-2)19-12-18(21-14(3)22-19)23-16-6-8-17(9-7-16)24-20(26)15-10-11-27-13-15/h6-9,12,15H,4-5,10-11,13H2,1-3H3,(H,24,26)(H,21,22,23). The second kappa shape index (κ2) is 8.81. The number of hydrogen-bond donors (Lipinski definition) is 2. The summed E-state index contributed by atoms with van der Waals surface area (Å²) in [5.41, 5.74) is 1.68. The summed E-state index contributed by atoms with van der Waals surface area (Å²) in [7, 11) is 0. The molecule has 7 nitrogen and oxygen atoms in total. The first kappa shape index (κ1) is 19.1. The molecule has 3 rings (SSSR count). The van der Waals surface area contributed by atoms with Gasteiger partial charge in [-0.2, -0.15) is 0 Å². The second-order valence-corrected chi connectivity index (χ2v) is 6.58. The van der Waals surface area contributed by atoms with Crippen molar-refractivity contribution in [3.8, 4) is 0 Å². The normalized spacial score (nSPS) is 16.2. The van der Waals surface area contributed by atoms with Crippen LogP contribution in [0.25, 0.3) is 0 Å². The fourth-order valence-electron chi connectivity index (χ4n) is 3.10. The van der Waals surface area contributed by atoms with Gasteiger partial charge in [-0.25, -0.2) is 9.97 Å². The minimum Gasteiger partial charge on any atom is -0.381 e. The highest BCUT2D eigenvalue weighted by atomic mass is 16.5. The van der Waals surface area contributed by atoms with Crippen molar-refractivity contribution in [1.29, 1.82) is 0 Å². The van der Waals surface area contributed by atoms with Crippen LogP contribution in [0.15, 0.2) is 30.3 Å². The van der Waals surface area contributed by atoms with E-state index in [1.165, 1.54) is 0 Å². The van der Waals surface area contributed by atoms with Gasteiger partial charge in [0.15, 0.2) is 0 Å². The van der Waals surface area contributed by atoms with Crippen molar-refractivity contribution < 1.29 is 9.53 Å². The zero-order valence-electron chi connectivity index (χ0n) is 16.2. The molecule has 2 aromatic rings. The number of aryl methyl sites for hydroxylation is 1. The van der Waals surface area contributed by atoms with Crippen LogP contribution in [-0.2, 0) is 9.53 Å². The molecule has 0 bridgehead atoms. The van der Waals surface area contributed by atoms with E-state index in [-0.39, 0.29) is 11.8 Å². The molecule has 1 unspecified atom stereocenters. The fourth-order valence-corrected chi connectivity index (χ4v) is 3.10. The summed E-state index contributed by atoms with van der Waals surface area (Å²) >= 11 is 0. The molecular formula is C20H27N5O2. The van der Waals surface area contributed by atoms with Gasteiger partial charge >= 0.3 is 0 Å². The van der Waals surface area contributed by atoms with Gasteiger partial charge in [0, 0.05) is 37.1 Å². The first-order valence-electron chi connectivity index (χ1n) is 9.45. The van der Waals surface area contributed by atoms with Crippen LogP contribution in [0.3, 0.4) is 0 Å². The number of carbonyl (C=O) groups excluding carboxylic acids is 1. The Balaban J connectivity index is 1.66. The third kappa shape index (κ3) is 4.95. The Morgan fingerprint density at radius 1 is 1.19 bits per heavy atom. The molecule has 7 heteroatoms. The average Bonchev–Trinajstić information content (AvgIpc) is 3.19. The molecule has 1 saturated heterocycles. The van der Waals surface area contributed by atoms with E-state index in [1.807, 2.05) is 37.3 Å². The number of benzene rings is 1. The summed E-state index contributed by atoms with van der Waals surface area (Å²) in [6.07, 6.45) is 0.785. The maximum atomic E-state index is 12.2. The summed E-state index contributed by atoms with van der Waals surface area (Å²) in [6.45, 7) is 9.07. The molecule has 144 valence electrons. The van der Waals surface area contributed by atoms with E-state index in [4.69, 9.17) is 4.74 Å². The maximum absolute atomic E-state index is 12.2. The van der Waals surface area contributed by atoms with E-state index < -0.39 is 0 Å². The van der Waals surface area contributed by atoms with Crippen LogP contribution in [0.4, 0.5) is 23.0 Å². The molecule has 0 saturated carbocycles. The molecular weight excluding hydrogens is 342 g/mol. The Labute approximate surface area is 160 Å². The molecule has 1 fully saturated rings. The van der Waals surface area contributed by atoms with Gasteiger partial charge < -0.3 is 20.3 Å². The minimum atomic E-state index is -0.0507. The van der Waals surface area contributed by atoms with Crippen molar-refractivity contribution in [3.63, 3.8) is 0 Å². The lowest BCUT2D eigenvalue weighted by Crippen LogP contribution is -2.23. The highest BCUT2D eigenvalue weighted by Gasteiger charge is 2.23. The maximum Gasteiger partial charge on any atom is 0.229 e. The molecule has 1 aliphatic heterocycles. The minimum absolute atomic E-state index is 0.0171. The molecule has 0 aliphatic carbocycles. The fraction of sp³-hybridized carbons (Fsp3) is 0.450. The van der Waals surface area contributed by atoms with Gasteiger partial charge in [-0.05, 0) is 51.5 Å². The summed E-state index contributed by atoms with van der Waals surface area (Å²) in [6, 6.07) is 9.57. The molecule has 1 aromatic carbocycles. The zero-order chi connectivity index (χ0) is 19.2. The van der Waals surface area contributed by atoms with E-state index in [0.717, 1.165) is 48.3 Å². The van der Waals surface area contributed by atoms with Gasteiger partial charge in [0.05, 0.1) is 12.5 Å². The zero-order valence-corrected chi connectivity index (χ0v) is 16.2. The Morgan fingerprint density at radius 3 is 2.52 bits per heavy atom. The average molecular weight is 369 g/mol. The number of amides is 1. The number of aromatic nitrogens is 2. The van der Waals surface area contributed by atoms with Crippen LogP contribution in [0.5, 0.6) is 0 Å². The smallest absolute Gasteiger partial charge is 0.229 e. The van der Waals surface area contributed by atoms with Crippen molar-refractivity contribution in [2.45, 2.75) is 27.2 Å². The Hall–Kier alpha value is -2.67. The van der Waals surface area contributed by atoms with Crippen LogP contribution in [0.2, 0.25) is 0 Å². The topological polar surface area (TPSA) is 79.4 Å². The van der Waals surface area contributed by atoms with E-state index in [0.29, 0.717) is 13.2 Å². The van der Waals surface area contributed by atoms with Crippen molar-refractivity contribution in [3.05, 3.63) is 36.2 Å². The van der Waals surface area contributed by atoms with E-state index >= 15 is 0 Å². The van der Waals surface area contributed by atoms with Crippen molar-refractivity contribution in [2.75, 3.05) is 41.8 Å². The second-order valence-electron chi connectivity index (χ2n) is 6.58. The largest absolute Gasteiger partial charge is 0.381 e. The van der Waals surface area contributed by atoms with Crippen molar-refractivity contribution in [1.82, 2.24) is 9.97 Å². The number of rotatable bonds is 7. The molecule has 1 aliphatic rings. The van der Waals surface area contributed by atoms with Crippen molar-refractivity contribution >= 4 is 28.9 Å². The highest BCUT2D eigenvalue weighted by molar-refractivity contribution is 5.93. The van der Waals surface area contributed by atoms with Gasteiger partial charge in [-0.15, -0.1) is 0 Å². The third-order valence-electron chi connectivity index (χ3n) is 4.64. The lowest BCUT2D eigenvalue weighted by Gasteiger charge is -2.20. The van der Waals surface area contributed by atoms with Crippen LogP contribution in [0, 0.1) is 12.8 Å². The number of anilines is 4. The predicted molar refractivity (Wildman–Crippen MR) is 108 cm³/mol. The quantitative estimate of drug-likeness (QED) is 0.779. The lowest BCUT2D eigenvalue weighted by molar-refractivity contribution is -0.119. The molecule has 1 atom stereocenters. The highest BCUT2D eigenvalue weighted by Crippen LogP contribution is 2.22. The Morgan fingerprint density at radius 2 is 1.89 bits per heavy atom. The Bertz CT molecular complexity index is 768. The summed E-state index contributed by atoms with van der Waals surface area (Å²) in [5.74, 6) is 2.36. The Kier molecular flexibility index (Phi) is 6.24. The number of carbonyl (C=O) groups is 1. The van der Waals surface area contributed by atoms with Crippen LogP contribution < -0.4 is 15.5 Å². The van der Waals surface area contributed by atoms with E-state index in [2.05, 4.69) is 39.3 Å².